The lowest BCUT2D eigenvalue weighted by Crippen LogP contribution is -2.19. The van der Waals surface area contributed by atoms with Crippen LogP contribution in [0.5, 0.6) is 0 Å². The normalized spacial score (nSPS) is 12.4. The van der Waals surface area contributed by atoms with Gasteiger partial charge in [-0.15, -0.1) is 12.4 Å². The summed E-state index contributed by atoms with van der Waals surface area (Å²) in [6.45, 7) is 3.73. The summed E-state index contributed by atoms with van der Waals surface area (Å²) in [4.78, 5) is 17.7. The Balaban J connectivity index is 0.00000324. The summed E-state index contributed by atoms with van der Waals surface area (Å²) in [6.07, 6.45) is 0. The third-order valence-electron chi connectivity index (χ3n) is 2.43. The molecule has 4 nitrogen and oxygen atoms in total. The molecule has 0 aliphatic heterocycles. The van der Waals surface area contributed by atoms with Crippen molar-refractivity contribution < 1.29 is 4.79 Å². The Labute approximate surface area is 128 Å². The fraction of sp³-hybridized carbons (Fsp3) is 0.385. The molecule has 0 fully saturated rings. The number of anilines is 1. The number of alkyl halides is 1. The van der Waals surface area contributed by atoms with Gasteiger partial charge in [0.1, 0.15) is 5.84 Å². The van der Waals surface area contributed by atoms with E-state index in [1.54, 1.807) is 6.92 Å². The highest BCUT2D eigenvalue weighted by molar-refractivity contribution is 9.10. The Bertz CT molecular complexity index is 444. The van der Waals surface area contributed by atoms with E-state index in [1.165, 1.54) is 0 Å². The molecule has 1 atom stereocenters. The maximum absolute atomic E-state index is 11.5. The maximum Gasteiger partial charge on any atom is 0.237 e. The number of carbonyl (C=O) groups excluding carboxylic acids is 1. The number of nitrogens with one attached hydrogen (secondary N) is 1. The Hall–Kier alpha value is -1.07. The highest BCUT2D eigenvalue weighted by atomic mass is 79.9. The summed E-state index contributed by atoms with van der Waals surface area (Å²) in [5.74, 6) is 0.872. The Morgan fingerprint density at radius 3 is 2.26 bits per heavy atom. The summed E-state index contributed by atoms with van der Waals surface area (Å²) in [7, 11) is 3.90. The van der Waals surface area contributed by atoms with E-state index in [9.17, 15) is 4.79 Å². The Morgan fingerprint density at radius 2 is 1.84 bits per heavy atom. The molecule has 0 bridgehead atoms. The molecule has 1 unspecified atom stereocenters. The second-order valence-corrected chi connectivity index (χ2v) is 5.58. The van der Waals surface area contributed by atoms with Gasteiger partial charge in [-0.05, 0) is 38.1 Å². The fourth-order valence-electron chi connectivity index (χ4n) is 1.15. The maximum atomic E-state index is 11.5. The van der Waals surface area contributed by atoms with E-state index in [4.69, 9.17) is 0 Å². The van der Waals surface area contributed by atoms with Gasteiger partial charge in [-0.3, -0.25) is 4.79 Å². The number of rotatable bonds is 3. The van der Waals surface area contributed by atoms with Gasteiger partial charge < -0.3 is 10.2 Å². The minimum atomic E-state index is -0.203. The lowest BCUT2D eigenvalue weighted by atomic mass is 10.2. The van der Waals surface area contributed by atoms with Gasteiger partial charge in [0, 0.05) is 19.8 Å². The van der Waals surface area contributed by atoms with E-state index in [1.807, 2.05) is 50.2 Å². The van der Waals surface area contributed by atoms with Gasteiger partial charge in [-0.1, -0.05) is 15.9 Å². The van der Waals surface area contributed by atoms with E-state index in [-0.39, 0.29) is 23.1 Å². The van der Waals surface area contributed by atoms with Crippen LogP contribution in [0.3, 0.4) is 0 Å². The van der Waals surface area contributed by atoms with Crippen LogP contribution in [0.25, 0.3) is 0 Å². The SMILES string of the molecule is CC(=Nc1ccc(NC(=O)C(C)Br)cc1)N(C)C.Cl. The van der Waals surface area contributed by atoms with Gasteiger partial charge in [-0.25, -0.2) is 4.99 Å². The average molecular weight is 349 g/mol. The average Bonchev–Trinajstić information content (AvgIpc) is 2.31. The van der Waals surface area contributed by atoms with Crippen molar-refractivity contribution in [3.8, 4) is 0 Å². The summed E-state index contributed by atoms with van der Waals surface area (Å²) in [6, 6.07) is 7.44. The molecule has 106 valence electrons. The quantitative estimate of drug-likeness (QED) is 0.516. The smallest absolute Gasteiger partial charge is 0.237 e. The number of amidine groups is 1. The van der Waals surface area contributed by atoms with Crippen molar-refractivity contribution in [2.45, 2.75) is 18.7 Å². The van der Waals surface area contributed by atoms with Crippen molar-refractivity contribution in [2.75, 3.05) is 19.4 Å². The lowest BCUT2D eigenvalue weighted by molar-refractivity contribution is -0.115. The number of nitrogens with zero attached hydrogens (tertiary/aromatic N) is 2. The molecule has 1 rings (SSSR count). The molecule has 0 saturated carbocycles. The van der Waals surface area contributed by atoms with Crippen LogP contribution in [-0.2, 0) is 4.79 Å². The third-order valence-corrected chi connectivity index (χ3v) is 2.85. The fourth-order valence-corrected chi connectivity index (χ4v) is 1.26. The number of hydrogen-bond acceptors (Lipinski definition) is 2. The molecule has 0 aromatic heterocycles. The molecule has 1 aromatic rings. The predicted molar refractivity (Wildman–Crippen MR) is 87.2 cm³/mol. The standard InChI is InChI=1S/C13H18BrN3O.ClH/c1-9(14)13(18)16-12-7-5-11(6-8-12)15-10(2)17(3)4;/h5-9H,1-4H3,(H,16,18);1H. The number of aliphatic imine (C=N–C) groups is 1. The van der Waals surface area contributed by atoms with Gasteiger partial charge in [0.25, 0.3) is 0 Å². The predicted octanol–water partition coefficient (Wildman–Crippen LogP) is 3.44. The molecular weight excluding hydrogens is 330 g/mol. The minimum Gasteiger partial charge on any atom is -0.366 e. The van der Waals surface area contributed by atoms with Crippen LogP contribution in [0, 0.1) is 0 Å². The molecule has 1 aromatic carbocycles. The van der Waals surface area contributed by atoms with Gasteiger partial charge in [0.2, 0.25) is 5.91 Å². The Morgan fingerprint density at radius 1 is 1.32 bits per heavy atom. The van der Waals surface area contributed by atoms with Crippen molar-refractivity contribution in [3.63, 3.8) is 0 Å². The van der Waals surface area contributed by atoms with Crippen molar-refractivity contribution in [1.29, 1.82) is 0 Å². The summed E-state index contributed by atoms with van der Waals surface area (Å²) in [5, 5.41) is 2.80. The number of amides is 1. The molecule has 1 amide bonds. The molecule has 1 N–H and O–H groups in total. The first-order valence-electron chi connectivity index (χ1n) is 5.67. The van der Waals surface area contributed by atoms with Gasteiger partial charge in [0.05, 0.1) is 10.5 Å². The molecule has 0 radical (unpaired) electrons. The van der Waals surface area contributed by atoms with Crippen LogP contribution in [0.2, 0.25) is 0 Å². The van der Waals surface area contributed by atoms with Gasteiger partial charge >= 0.3 is 0 Å². The van der Waals surface area contributed by atoms with Gasteiger partial charge in [-0.2, -0.15) is 0 Å². The number of halogens is 2. The number of carbonyl (C=O) groups is 1. The molecule has 0 saturated heterocycles. The topological polar surface area (TPSA) is 44.7 Å². The van der Waals surface area contributed by atoms with Crippen LogP contribution in [-0.4, -0.2) is 35.6 Å². The van der Waals surface area contributed by atoms with Gasteiger partial charge in [0.15, 0.2) is 0 Å². The highest BCUT2D eigenvalue weighted by Gasteiger charge is 2.08. The van der Waals surface area contributed by atoms with E-state index in [0.29, 0.717) is 0 Å². The summed E-state index contributed by atoms with van der Waals surface area (Å²) in [5.41, 5.74) is 1.64. The summed E-state index contributed by atoms with van der Waals surface area (Å²) >= 11 is 3.22. The van der Waals surface area contributed by atoms with Crippen LogP contribution < -0.4 is 5.32 Å². The van der Waals surface area contributed by atoms with Crippen molar-refractivity contribution >= 4 is 51.5 Å². The lowest BCUT2D eigenvalue weighted by Gasteiger charge is -2.11. The van der Waals surface area contributed by atoms with Crippen LogP contribution in [0.1, 0.15) is 13.8 Å². The molecule has 6 heteroatoms. The van der Waals surface area contributed by atoms with Crippen LogP contribution in [0.4, 0.5) is 11.4 Å². The van der Waals surface area contributed by atoms with Crippen molar-refractivity contribution in [2.24, 2.45) is 4.99 Å². The molecule has 0 heterocycles. The Kier molecular flexibility index (Phi) is 7.71. The molecule has 19 heavy (non-hydrogen) atoms. The number of benzene rings is 1. The summed E-state index contributed by atoms with van der Waals surface area (Å²) < 4.78 is 0. The van der Waals surface area contributed by atoms with E-state index in [2.05, 4.69) is 26.2 Å². The number of hydrogen-bond donors (Lipinski definition) is 1. The zero-order valence-electron chi connectivity index (χ0n) is 11.5. The van der Waals surface area contributed by atoms with Crippen molar-refractivity contribution in [3.05, 3.63) is 24.3 Å². The first-order valence-corrected chi connectivity index (χ1v) is 6.59. The van der Waals surface area contributed by atoms with Crippen LogP contribution >= 0.6 is 28.3 Å². The van der Waals surface area contributed by atoms with Crippen LogP contribution in [0.15, 0.2) is 29.3 Å². The van der Waals surface area contributed by atoms with E-state index < -0.39 is 0 Å². The molecular formula is C13H19BrClN3O. The van der Waals surface area contributed by atoms with Crippen molar-refractivity contribution in [1.82, 2.24) is 4.90 Å². The highest BCUT2D eigenvalue weighted by Crippen LogP contribution is 2.17. The second kappa shape index (κ2) is 8.17. The largest absolute Gasteiger partial charge is 0.366 e. The zero-order valence-corrected chi connectivity index (χ0v) is 13.9. The molecule has 0 aliphatic rings. The zero-order chi connectivity index (χ0) is 13.7. The first kappa shape index (κ1) is 17.9. The monoisotopic (exact) mass is 347 g/mol. The molecule has 0 aliphatic carbocycles. The van der Waals surface area contributed by atoms with E-state index >= 15 is 0 Å². The van der Waals surface area contributed by atoms with E-state index in [0.717, 1.165) is 17.2 Å². The second-order valence-electron chi connectivity index (χ2n) is 4.21. The molecule has 0 spiro atoms. The third kappa shape index (κ3) is 6.07. The minimum absolute atomic E-state index is 0. The first-order chi connectivity index (χ1) is 8.40.